The molecule has 4 rings (SSSR count). The second-order valence-corrected chi connectivity index (χ2v) is 7.12. The Hall–Kier alpha value is -3.75. The molecule has 0 bridgehead atoms. The van der Waals surface area contributed by atoms with E-state index in [1.807, 2.05) is 25.1 Å². The normalized spacial score (nSPS) is 15.0. The van der Waals surface area contributed by atoms with Crippen molar-refractivity contribution < 1.29 is 19.2 Å². The number of hydrogen-bond acceptors (Lipinski definition) is 6. The molecule has 0 unspecified atom stereocenters. The van der Waals surface area contributed by atoms with Gasteiger partial charge in [0, 0.05) is 24.2 Å². The van der Waals surface area contributed by atoms with Crippen molar-refractivity contribution in [3.05, 3.63) is 69.5 Å². The molecule has 0 aliphatic heterocycles. The predicted molar refractivity (Wildman–Crippen MR) is 106 cm³/mol. The van der Waals surface area contributed by atoms with Crippen molar-refractivity contribution in [1.29, 1.82) is 0 Å². The van der Waals surface area contributed by atoms with E-state index in [-0.39, 0.29) is 17.5 Å². The number of nitrogens with zero attached hydrogens (tertiary/aromatic N) is 3. The van der Waals surface area contributed by atoms with Crippen LogP contribution in [0.1, 0.15) is 46.8 Å². The van der Waals surface area contributed by atoms with E-state index in [9.17, 15) is 14.4 Å². The van der Waals surface area contributed by atoms with Crippen LogP contribution >= 0.6 is 0 Å². The summed E-state index contributed by atoms with van der Waals surface area (Å²) in [6, 6.07) is 8.30. The number of carbonyl (C=O) groups is 2. The molecule has 2 heterocycles. The predicted octanol–water partition coefficient (Wildman–Crippen LogP) is 1.96. The molecular weight excluding hydrogens is 388 g/mol. The third kappa shape index (κ3) is 3.86. The summed E-state index contributed by atoms with van der Waals surface area (Å²) in [7, 11) is 0. The van der Waals surface area contributed by atoms with Crippen molar-refractivity contribution in [2.75, 3.05) is 0 Å². The van der Waals surface area contributed by atoms with Crippen LogP contribution in [0, 0.1) is 0 Å². The van der Waals surface area contributed by atoms with E-state index in [1.165, 1.54) is 18.3 Å². The first-order chi connectivity index (χ1) is 14.4. The Labute approximate surface area is 171 Å². The third-order valence-electron chi connectivity index (χ3n) is 5.11. The van der Waals surface area contributed by atoms with Crippen molar-refractivity contribution >= 4 is 11.9 Å². The fraction of sp³-hybridized carbons (Fsp3) is 0.286. The van der Waals surface area contributed by atoms with E-state index >= 15 is 0 Å². The minimum Gasteiger partial charge on any atom is -0.480 e. The fourth-order valence-corrected chi connectivity index (χ4v) is 3.60. The maximum absolute atomic E-state index is 12.7. The van der Waals surface area contributed by atoms with Crippen LogP contribution in [0.3, 0.4) is 0 Å². The topological polar surface area (TPSA) is 127 Å². The Kier molecular flexibility index (Phi) is 5.18. The van der Waals surface area contributed by atoms with Crippen LogP contribution in [0.25, 0.3) is 11.4 Å². The molecule has 1 aliphatic carbocycles. The highest BCUT2D eigenvalue weighted by Crippen LogP contribution is 2.33. The third-order valence-corrected chi connectivity index (χ3v) is 5.11. The quantitative estimate of drug-likeness (QED) is 0.638. The molecule has 154 valence electrons. The van der Waals surface area contributed by atoms with Crippen LogP contribution in [-0.4, -0.2) is 31.7 Å². The summed E-state index contributed by atoms with van der Waals surface area (Å²) >= 11 is 0. The van der Waals surface area contributed by atoms with Gasteiger partial charge in [-0.15, -0.1) is 0 Å². The first kappa shape index (κ1) is 19.6. The van der Waals surface area contributed by atoms with Crippen molar-refractivity contribution in [1.82, 2.24) is 20.0 Å². The van der Waals surface area contributed by atoms with E-state index in [4.69, 9.17) is 9.63 Å². The smallest absolute Gasteiger partial charge is 0.323 e. The van der Waals surface area contributed by atoms with Crippen molar-refractivity contribution in [2.24, 2.45) is 0 Å². The van der Waals surface area contributed by atoms with Crippen LogP contribution in [-0.2, 0) is 24.2 Å². The molecule has 0 saturated carbocycles. The molecule has 0 spiro atoms. The molecule has 2 N–H and O–H groups in total. The van der Waals surface area contributed by atoms with Gasteiger partial charge in [0.2, 0.25) is 11.7 Å². The number of hydrogen-bond donors (Lipinski definition) is 2. The van der Waals surface area contributed by atoms with Crippen LogP contribution in [0.4, 0.5) is 0 Å². The minimum absolute atomic E-state index is 0.169. The number of fused-ring (bicyclic) bond motifs is 1. The number of amides is 1. The molecule has 0 fully saturated rings. The Balaban J connectivity index is 1.52. The number of rotatable bonds is 6. The summed E-state index contributed by atoms with van der Waals surface area (Å²) in [6.45, 7) is 1.45. The molecule has 1 atom stereocenters. The zero-order chi connectivity index (χ0) is 21.3. The number of aromatic nitrogens is 3. The van der Waals surface area contributed by atoms with Crippen LogP contribution in [0.15, 0.2) is 45.8 Å². The summed E-state index contributed by atoms with van der Waals surface area (Å²) < 4.78 is 6.17. The maximum Gasteiger partial charge on any atom is 0.323 e. The summed E-state index contributed by atoms with van der Waals surface area (Å²) in [5, 5.41) is 15.9. The molecule has 9 heteroatoms. The van der Waals surface area contributed by atoms with E-state index in [0.717, 1.165) is 34.1 Å². The van der Waals surface area contributed by atoms with Gasteiger partial charge < -0.3 is 19.5 Å². The second-order valence-electron chi connectivity index (χ2n) is 7.12. The van der Waals surface area contributed by atoms with E-state index in [0.29, 0.717) is 18.1 Å². The summed E-state index contributed by atoms with van der Waals surface area (Å²) in [5.41, 5.74) is 2.76. The molecule has 0 radical (unpaired) electrons. The first-order valence-electron chi connectivity index (χ1n) is 9.63. The molecule has 2 aromatic heterocycles. The highest BCUT2D eigenvalue weighted by molar-refractivity contribution is 5.94. The summed E-state index contributed by atoms with van der Waals surface area (Å²) in [4.78, 5) is 39.7. The standard InChI is InChI=1S/C21H20N4O5/c1-2-17-23-20(24-30-17)13-3-6-15-12(9-13)4-7-16(15)22-21(29)14-5-8-18(26)25(10-14)11-19(27)28/h3,5-6,8-10,16H,2,4,7,11H2,1H3,(H,22,29)(H,27,28)/t16-/m1/s1. The number of carbonyl (C=O) groups excluding carboxylic acids is 1. The summed E-state index contributed by atoms with van der Waals surface area (Å²) in [6.07, 6.45) is 3.48. The van der Waals surface area contributed by atoms with Gasteiger partial charge in [-0.05, 0) is 36.1 Å². The maximum atomic E-state index is 12.7. The molecule has 1 aromatic carbocycles. The van der Waals surface area contributed by atoms with Crippen LogP contribution < -0.4 is 10.9 Å². The van der Waals surface area contributed by atoms with Crippen molar-refractivity contribution in [3.8, 4) is 11.4 Å². The van der Waals surface area contributed by atoms with Crippen LogP contribution in [0.2, 0.25) is 0 Å². The average Bonchev–Trinajstić information content (AvgIpc) is 3.36. The number of aliphatic carboxylic acids is 1. The van der Waals surface area contributed by atoms with Gasteiger partial charge in [0.1, 0.15) is 6.54 Å². The fourth-order valence-electron chi connectivity index (χ4n) is 3.60. The second kappa shape index (κ2) is 7.94. The van der Waals surface area contributed by atoms with Gasteiger partial charge in [-0.1, -0.05) is 24.2 Å². The van der Waals surface area contributed by atoms with Gasteiger partial charge in [0.25, 0.3) is 11.5 Å². The summed E-state index contributed by atoms with van der Waals surface area (Å²) in [5.74, 6) is -0.382. The molecule has 30 heavy (non-hydrogen) atoms. The highest BCUT2D eigenvalue weighted by Gasteiger charge is 2.25. The van der Waals surface area contributed by atoms with Gasteiger partial charge in [-0.2, -0.15) is 4.98 Å². The highest BCUT2D eigenvalue weighted by atomic mass is 16.5. The number of nitrogens with one attached hydrogen (secondary N) is 1. The van der Waals surface area contributed by atoms with Crippen molar-refractivity contribution in [2.45, 2.75) is 38.8 Å². The Morgan fingerprint density at radius 1 is 1.30 bits per heavy atom. The van der Waals surface area contributed by atoms with Crippen molar-refractivity contribution in [3.63, 3.8) is 0 Å². The van der Waals surface area contributed by atoms with E-state index in [1.54, 1.807) is 0 Å². The SMILES string of the molecule is CCc1nc(-c2ccc3c(c2)CC[C@H]3NC(=O)c2ccc(=O)n(CC(=O)O)c2)no1. The Morgan fingerprint density at radius 2 is 2.13 bits per heavy atom. The monoisotopic (exact) mass is 408 g/mol. The minimum atomic E-state index is -1.15. The molecular formula is C21H20N4O5. The van der Waals surface area contributed by atoms with Crippen LogP contribution in [0.5, 0.6) is 0 Å². The number of aryl methyl sites for hydroxylation is 2. The Bertz CT molecular complexity index is 1180. The lowest BCUT2D eigenvalue weighted by molar-refractivity contribution is -0.137. The van der Waals surface area contributed by atoms with Gasteiger partial charge >= 0.3 is 5.97 Å². The zero-order valence-electron chi connectivity index (χ0n) is 16.3. The van der Waals surface area contributed by atoms with Gasteiger partial charge in [0.15, 0.2) is 0 Å². The Morgan fingerprint density at radius 3 is 2.87 bits per heavy atom. The number of pyridine rings is 1. The zero-order valence-corrected chi connectivity index (χ0v) is 16.3. The number of benzene rings is 1. The molecule has 9 nitrogen and oxygen atoms in total. The van der Waals surface area contributed by atoms with Gasteiger partial charge in [0.05, 0.1) is 11.6 Å². The molecule has 1 amide bonds. The lowest BCUT2D eigenvalue weighted by Gasteiger charge is -2.15. The van der Waals surface area contributed by atoms with E-state index < -0.39 is 18.1 Å². The molecule has 3 aromatic rings. The number of carboxylic acids is 1. The van der Waals surface area contributed by atoms with Gasteiger partial charge in [-0.25, -0.2) is 0 Å². The first-order valence-corrected chi connectivity index (χ1v) is 9.63. The van der Waals surface area contributed by atoms with E-state index in [2.05, 4.69) is 15.5 Å². The molecule has 0 saturated heterocycles. The number of carboxylic acid groups (broad SMARTS) is 1. The lowest BCUT2D eigenvalue weighted by Crippen LogP contribution is -2.30. The lowest BCUT2D eigenvalue weighted by atomic mass is 10.0. The average molecular weight is 408 g/mol. The molecule has 1 aliphatic rings. The van der Waals surface area contributed by atoms with Gasteiger partial charge in [-0.3, -0.25) is 14.4 Å². The largest absolute Gasteiger partial charge is 0.480 e.